The minimum Gasteiger partial charge on any atom is -0.394 e. The topological polar surface area (TPSA) is 69.6 Å². The zero-order chi connectivity index (χ0) is 45.6. The van der Waals surface area contributed by atoms with Crippen LogP contribution in [0.5, 0.6) is 0 Å². The first kappa shape index (κ1) is 61.9. The number of aliphatic hydroxyl groups excluding tert-OH is 2. The minimum atomic E-state index is -0.658. The molecule has 0 saturated heterocycles. The Morgan fingerprint density at radius 2 is 0.651 bits per heavy atom. The predicted octanol–water partition coefficient (Wildman–Crippen LogP) is 19.1. The van der Waals surface area contributed by atoms with Crippen LogP contribution in [0, 0.1) is 0 Å². The standard InChI is InChI=1S/C59H115NO3/c1-3-5-7-9-11-13-15-17-19-21-23-24-25-26-27-28-29-30-31-32-33-34-35-36-37-39-41-43-45-47-49-51-53-55-59(63)60-57(56-61)58(62)54-52-50-48-46-44-42-40-38-22-20-18-16-14-12-10-8-6-4-2/h23-24,26-27,57-58,61-62H,3-22,25,28-56H2,1-2H3,(H,60,63)/b24-23-,27-26-. The van der Waals surface area contributed by atoms with E-state index in [0.29, 0.717) is 12.8 Å². The number of hydrogen-bond acceptors (Lipinski definition) is 3. The molecule has 0 saturated carbocycles. The van der Waals surface area contributed by atoms with Crippen LogP contribution in [0.15, 0.2) is 24.3 Å². The van der Waals surface area contributed by atoms with Gasteiger partial charge in [0.15, 0.2) is 0 Å². The summed E-state index contributed by atoms with van der Waals surface area (Å²) in [6.45, 7) is 4.39. The fourth-order valence-electron chi connectivity index (χ4n) is 9.28. The fourth-order valence-corrected chi connectivity index (χ4v) is 9.28. The predicted molar refractivity (Wildman–Crippen MR) is 281 cm³/mol. The molecule has 0 aliphatic carbocycles. The molecule has 1 amide bonds. The van der Waals surface area contributed by atoms with Gasteiger partial charge in [0.25, 0.3) is 0 Å². The van der Waals surface area contributed by atoms with Crippen molar-refractivity contribution in [3.8, 4) is 0 Å². The van der Waals surface area contributed by atoms with Gasteiger partial charge in [-0.25, -0.2) is 0 Å². The van der Waals surface area contributed by atoms with E-state index >= 15 is 0 Å². The van der Waals surface area contributed by atoms with E-state index in [2.05, 4.69) is 43.5 Å². The van der Waals surface area contributed by atoms with Gasteiger partial charge in [0, 0.05) is 6.42 Å². The van der Waals surface area contributed by atoms with E-state index in [1.165, 1.54) is 270 Å². The number of nitrogens with one attached hydrogen (secondary N) is 1. The molecule has 0 aliphatic heterocycles. The van der Waals surface area contributed by atoms with Crippen molar-refractivity contribution in [2.75, 3.05) is 6.61 Å². The lowest BCUT2D eigenvalue weighted by atomic mass is 10.0. The van der Waals surface area contributed by atoms with Crippen molar-refractivity contribution >= 4 is 5.91 Å². The summed E-state index contributed by atoms with van der Waals surface area (Å²) in [7, 11) is 0. The zero-order valence-electron chi connectivity index (χ0n) is 43.1. The molecule has 0 aliphatic rings. The lowest BCUT2D eigenvalue weighted by molar-refractivity contribution is -0.123. The van der Waals surface area contributed by atoms with Crippen LogP contribution in [0.1, 0.15) is 328 Å². The average Bonchev–Trinajstić information content (AvgIpc) is 3.29. The van der Waals surface area contributed by atoms with Gasteiger partial charge in [-0.1, -0.05) is 301 Å². The van der Waals surface area contributed by atoms with Crippen molar-refractivity contribution < 1.29 is 15.0 Å². The second kappa shape index (κ2) is 55.2. The lowest BCUT2D eigenvalue weighted by Crippen LogP contribution is -2.45. The summed E-state index contributed by atoms with van der Waals surface area (Å²) in [5.74, 6) is -0.0255. The summed E-state index contributed by atoms with van der Waals surface area (Å²) >= 11 is 0. The molecular weight excluding hydrogens is 771 g/mol. The van der Waals surface area contributed by atoms with Crippen molar-refractivity contribution in [1.29, 1.82) is 0 Å². The number of carbonyl (C=O) groups excluding carboxylic acids is 1. The molecule has 0 heterocycles. The summed E-state index contributed by atoms with van der Waals surface area (Å²) in [5, 5.41) is 23.3. The largest absolute Gasteiger partial charge is 0.394 e. The van der Waals surface area contributed by atoms with E-state index in [9.17, 15) is 15.0 Å². The summed E-state index contributed by atoms with van der Waals surface area (Å²) in [6, 6.07) is -0.534. The molecule has 4 heteroatoms. The molecule has 3 N–H and O–H groups in total. The molecule has 0 fully saturated rings. The van der Waals surface area contributed by atoms with Gasteiger partial charge < -0.3 is 15.5 Å². The van der Waals surface area contributed by atoms with Gasteiger partial charge in [0.1, 0.15) is 0 Å². The second-order valence-corrected chi connectivity index (χ2v) is 20.1. The van der Waals surface area contributed by atoms with Crippen LogP contribution in [0.2, 0.25) is 0 Å². The molecule has 374 valence electrons. The van der Waals surface area contributed by atoms with E-state index in [4.69, 9.17) is 0 Å². The molecule has 0 rings (SSSR count). The first-order chi connectivity index (χ1) is 31.2. The van der Waals surface area contributed by atoms with Gasteiger partial charge in [0.05, 0.1) is 18.8 Å². The van der Waals surface area contributed by atoms with E-state index in [1.54, 1.807) is 0 Å². The quantitative estimate of drug-likeness (QED) is 0.0421. The molecule has 63 heavy (non-hydrogen) atoms. The first-order valence-corrected chi connectivity index (χ1v) is 29.0. The molecule has 4 nitrogen and oxygen atoms in total. The molecule has 0 aromatic carbocycles. The van der Waals surface area contributed by atoms with Gasteiger partial charge in [-0.3, -0.25) is 4.79 Å². The molecule has 2 atom stereocenters. The van der Waals surface area contributed by atoms with Crippen LogP contribution in [0.25, 0.3) is 0 Å². The van der Waals surface area contributed by atoms with Crippen molar-refractivity contribution in [2.45, 2.75) is 341 Å². The number of rotatable bonds is 54. The highest BCUT2D eigenvalue weighted by molar-refractivity contribution is 5.76. The van der Waals surface area contributed by atoms with Gasteiger partial charge in [-0.2, -0.15) is 0 Å². The van der Waals surface area contributed by atoms with E-state index < -0.39 is 12.1 Å². The Labute approximate surface area is 396 Å². The first-order valence-electron chi connectivity index (χ1n) is 29.0. The van der Waals surface area contributed by atoms with Crippen LogP contribution in [0.4, 0.5) is 0 Å². The molecule has 0 radical (unpaired) electrons. The maximum atomic E-state index is 12.5. The normalized spacial score (nSPS) is 12.9. The third-order valence-electron chi connectivity index (χ3n) is 13.7. The van der Waals surface area contributed by atoms with Gasteiger partial charge in [0.2, 0.25) is 5.91 Å². The van der Waals surface area contributed by atoms with Crippen LogP contribution in [-0.2, 0) is 4.79 Å². The van der Waals surface area contributed by atoms with Crippen molar-refractivity contribution in [3.05, 3.63) is 24.3 Å². The summed E-state index contributed by atoms with van der Waals surface area (Å²) < 4.78 is 0. The molecule has 2 unspecified atom stereocenters. The van der Waals surface area contributed by atoms with E-state index in [1.807, 2.05) is 0 Å². The monoisotopic (exact) mass is 886 g/mol. The highest BCUT2D eigenvalue weighted by Crippen LogP contribution is 2.18. The Balaban J connectivity index is 3.41. The van der Waals surface area contributed by atoms with E-state index in [-0.39, 0.29) is 12.5 Å². The van der Waals surface area contributed by atoms with Gasteiger partial charge in [-0.05, 0) is 44.9 Å². The molecule has 0 spiro atoms. The highest BCUT2D eigenvalue weighted by Gasteiger charge is 2.20. The molecule has 0 aromatic rings. The maximum Gasteiger partial charge on any atom is 0.220 e. The maximum absolute atomic E-state index is 12.5. The van der Waals surface area contributed by atoms with Crippen LogP contribution in [0.3, 0.4) is 0 Å². The lowest BCUT2D eigenvalue weighted by Gasteiger charge is -2.22. The van der Waals surface area contributed by atoms with Crippen molar-refractivity contribution in [3.63, 3.8) is 0 Å². The van der Waals surface area contributed by atoms with Crippen LogP contribution >= 0.6 is 0 Å². The van der Waals surface area contributed by atoms with Gasteiger partial charge in [-0.15, -0.1) is 0 Å². The summed E-state index contributed by atoms with van der Waals surface area (Å²) in [4.78, 5) is 12.5. The Bertz CT molecular complexity index is 916. The van der Waals surface area contributed by atoms with Crippen molar-refractivity contribution in [1.82, 2.24) is 5.32 Å². The minimum absolute atomic E-state index is 0.0255. The fraction of sp³-hybridized carbons (Fsp3) is 0.915. The smallest absolute Gasteiger partial charge is 0.220 e. The highest BCUT2D eigenvalue weighted by atomic mass is 16.3. The van der Waals surface area contributed by atoms with Crippen molar-refractivity contribution in [2.24, 2.45) is 0 Å². The number of allylic oxidation sites excluding steroid dienone is 4. The Hall–Kier alpha value is -1.13. The SMILES string of the molecule is CCCCCCCCCCC/C=C\C/C=C\CCCCCCCCCCCCCCCCCCCC(=O)NC(CO)C(O)CCCCCCCCCCCCCCCCCCCC. The Morgan fingerprint density at radius 1 is 0.381 bits per heavy atom. The summed E-state index contributed by atoms with van der Waals surface area (Å²) in [6.07, 6.45) is 73.2. The molecule has 0 aromatic heterocycles. The second-order valence-electron chi connectivity index (χ2n) is 20.1. The number of amides is 1. The molecular formula is C59H115NO3. The zero-order valence-corrected chi connectivity index (χ0v) is 43.1. The number of hydrogen-bond donors (Lipinski definition) is 3. The molecule has 0 bridgehead atoms. The number of carbonyl (C=O) groups is 1. The van der Waals surface area contributed by atoms with E-state index in [0.717, 1.165) is 32.1 Å². The third kappa shape index (κ3) is 51.7. The van der Waals surface area contributed by atoms with Crippen LogP contribution in [-0.4, -0.2) is 34.9 Å². The number of aliphatic hydroxyl groups is 2. The van der Waals surface area contributed by atoms with Gasteiger partial charge >= 0.3 is 0 Å². The van der Waals surface area contributed by atoms with Crippen LogP contribution < -0.4 is 5.32 Å². The Morgan fingerprint density at radius 3 is 0.952 bits per heavy atom. The third-order valence-corrected chi connectivity index (χ3v) is 13.7. The number of unbranched alkanes of at least 4 members (excludes halogenated alkanes) is 43. The Kier molecular flexibility index (Phi) is 54.2. The summed E-state index contributed by atoms with van der Waals surface area (Å²) in [5.41, 5.74) is 0. The average molecular weight is 887 g/mol.